The molecule has 0 radical (unpaired) electrons. The monoisotopic (exact) mass is 814 g/mol. The molecule has 0 N–H and O–H groups in total. The molecule has 0 saturated heterocycles. The summed E-state index contributed by atoms with van der Waals surface area (Å²) in [5, 5.41) is 1.14. The first-order valence-electron chi connectivity index (χ1n) is 15.9. The Balaban J connectivity index is 0.000000186. The zero-order valence-electron chi connectivity index (χ0n) is 28.2. The summed E-state index contributed by atoms with van der Waals surface area (Å²) in [7, 11) is 0. The van der Waals surface area contributed by atoms with E-state index in [1.54, 1.807) is 24.3 Å². The summed E-state index contributed by atoms with van der Waals surface area (Å²) in [4.78, 5) is 21.9. The number of rotatable bonds is 3. The van der Waals surface area contributed by atoms with Crippen LogP contribution in [0.25, 0.3) is 44.5 Å². The van der Waals surface area contributed by atoms with Gasteiger partial charge in [0.2, 0.25) is 0 Å². The van der Waals surface area contributed by atoms with Gasteiger partial charge in [-0.2, -0.15) is 0 Å². The van der Waals surface area contributed by atoms with Crippen molar-refractivity contribution in [3.63, 3.8) is 0 Å². The van der Waals surface area contributed by atoms with Crippen LogP contribution in [0.5, 0.6) is 5.75 Å². The average Bonchev–Trinajstić information content (AvgIpc) is 3.07. The van der Waals surface area contributed by atoms with Gasteiger partial charge in [0.15, 0.2) is 5.43 Å². The molecule has 1 aliphatic heterocycles. The van der Waals surface area contributed by atoms with Crippen LogP contribution >= 0.6 is 0 Å². The third kappa shape index (κ3) is 7.42. The van der Waals surface area contributed by atoms with Crippen LogP contribution in [0.3, 0.4) is 0 Å². The van der Waals surface area contributed by atoms with Gasteiger partial charge in [-0.1, -0.05) is 78.5 Å². The minimum absolute atomic E-state index is 0. The molecule has 0 aliphatic carbocycles. The van der Waals surface area contributed by atoms with Gasteiger partial charge in [-0.15, -0.1) is 23.8 Å². The molecule has 246 valence electrons. The molecule has 0 atom stereocenters. The maximum atomic E-state index is 12.8. The van der Waals surface area contributed by atoms with Crippen molar-refractivity contribution >= 4 is 21.9 Å². The zero-order valence-corrected chi connectivity index (χ0v) is 30.4. The van der Waals surface area contributed by atoms with Gasteiger partial charge in [-0.3, -0.25) is 9.78 Å². The number of nitrogens with zero attached hydrogens (tertiary/aromatic N) is 2. The Hall–Kier alpha value is -4.60. The van der Waals surface area contributed by atoms with Crippen LogP contribution < -0.4 is 10.2 Å². The molecule has 0 fully saturated rings. The molecule has 0 bridgehead atoms. The summed E-state index contributed by atoms with van der Waals surface area (Å²) in [6.07, 6.45) is 8.51. The maximum Gasteiger partial charge on any atom is 0.182 e. The van der Waals surface area contributed by atoms with Gasteiger partial charge in [0, 0.05) is 39.0 Å². The van der Waals surface area contributed by atoms with Crippen LogP contribution in [0.15, 0.2) is 125 Å². The molecule has 0 unspecified atom stereocenters. The summed E-state index contributed by atoms with van der Waals surface area (Å²) >= 11 is 0. The average molecular weight is 815 g/mol. The number of benzene rings is 3. The van der Waals surface area contributed by atoms with E-state index >= 15 is 0 Å². The van der Waals surface area contributed by atoms with Crippen molar-refractivity contribution in [3.8, 4) is 28.3 Å². The fraction of sp³-hybridized carbons (Fsp3) is 0.214. The van der Waals surface area contributed by atoms with E-state index in [4.69, 9.17) is 9.15 Å². The van der Waals surface area contributed by atoms with E-state index in [2.05, 4.69) is 101 Å². The second kappa shape index (κ2) is 13.9. The van der Waals surface area contributed by atoms with E-state index in [9.17, 15) is 4.79 Å². The minimum Gasteiger partial charge on any atom is -0.500 e. The number of para-hydroxylation sites is 1. The van der Waals surface area contributed by atoms with Crippen LogP contribution in [-0.4, -0.2) is 9.97 Å². The normalized spacial score (nSPS) is 12.6. The van der Waals surface area contributed by atoms with Crippen molar-refractivity contribution in [2.24, 2.45) is 0 Å². The van der Waals surface area contributed by atoms with Crippen molar-refractivity contribution in [1.82, 2.24) is 9.97 Å². The number of pyridine rings is 2. The van der Waals surface area contributed by atoms with Crippen molar-refractivity contribution in [3.05, 3.63) is 149 Å². The quantitative estimate of drug-likeness (QED) is 0.132. The Morgan fingerprint density at radius 3 is 2.08 bits per heavy atom. The number of hydrogen-bond acceptors (Lipinski definition) is 5. The fourth-order valence-electron chi connectivity index (χ4n) is 5.40. The Labute approximate surface area is 296 Å². The first-order chi connectivity index (χ1) is 22.4. The van der Waals surface area contributed by atoms with E-state index in [1.807, 2.05) is 42.7 Å². The van der Waals surface area contributed by atoms with Crippen molar-refractivity contribution in [1.29, 1.82) is 0 Å². The van der Waals surface area contributed by atoms with Crippen molar-refractivity contribution in [2.75, 3.05) is 0 Å². The maximum absolute atomic E-state index is 12.8. The SMILES string of the molecule is C=CC1=CCc2cc(-c3ccc(C(C)(C)C)cn3)ccc2O1.CC(C)(C)c1ccc(-c2[c-]cc3oc4ccccc4c(=O)c3c2)nc1.[Pt]. The second-order valence-corrected chi connectivity index (χ2v) is 13.9. The largest absolute Gasteiger partial charge is 0.500 e. The van der Waals surface area contributed by atoms with E-state index in [0.29, 0.717) is 21.9 Å². The molecule has 3 aromatic heterocycles. The van der Waals surface area contributed by atoms with E-state index < -0.39 is 0 Å². The smallest absolute Gasteiger partial charge is 0.182 e. The summed E-state index contributed by atoms with van der Waals surface area (Å²) in [6.45, 7) is 16.8. The second-order valence-electron chi connectivity index (χ2n) is 13.9. The molecular weight excluding hydrogens is 776 g/mol. The van der Waals surface area contributed by atoms with Crippen molar-refractivity contribution < 1.29 is 30.2 Å². The number of hydrogen-bond donors (Lipinski definition) is 0. The Kier molecular flexibility index (Phi) is 10.0. The third-order valence-electron chi connectivity index (χ3n) is 8.35. The Bertz CT molecular complexity index is 2180. The summed E-state index contributed by atoms with van der Waals surface area (Å²) < 4.78 is 11.6. The molecule has 0 amide bonds. The predicted molar refractivity (Wildman–Crippen MR) is 192 cm³/mol. The molecule has 0 saturated carbocycles. The van der Waals surface area contributed by atoms with Gasteiger partial charge < -0.3 is 14.1 Å². The molecular formula is C42H39N2O3Pt-. The van der Waals surface area contributed by atoms with Crippen molar-refractivity contribution in [2.45, 2.75) is 58.8 Å². The van der Waals surface area contributed by atoms with Gasteiger partial charge >= 0.3 is 0 Å². The number of allylic oxidation sites excluding steroid dienone is 2. The fourth-order valence-corrected chi connectivity index (χ4v) is 5.40. The molecule has 6 heteroatoms. The predicted octanol–water partition coefficient (Wildman–Crippen LogP) is 10.2. The van der Waals surface area contributed by atoms with Crippen LogP contribution in [0.4, 0.5) is 0 Å². The third-order valence-corrected chi connectivity index (χ3v) is 8.35. The number of aromatic nitrogens is 2. The van der Waals surface area contributed by atoms with Gasteiger partial charge in [0.05, 0.1) is 16.7 Å². The summed E-state index contributed by atoms with van der Waals surface area (Å²) in [6, 6.07) is 28.5. The van der Waals surface area contributed by atoms with E-state index in [-0.39, 0.29) is 37.3 Å². The topological polar surface area (TPSA) is 65.2 Å². The van der Waals surface area contributed by atoms with Crippen LogP contribution in [0, 0.1) is 6.07 Å². The molecule has 3 aromatic carbocycles. The number of fused-ring (bicyclic) bond motifs is 3. The standard InChI is InChI=1S/C22H18NO2.C20H21NO.Pt/c1-22(2,3)15-9-10-18(23-13-15)14-8-11-20-17(12-14)21(24)16-6-4-5-7-19(16)25-20;1-5-17-9-6-15-12-14(7-11-19(15)22-17)18-10-8-16(13-21-18)20(2,3)4;/h4-7,9-13H,1-3H3;5,7-13H,1,6H2,2-4H3;/q-1;;. The van der Waals surface area contributed by atoms with Gasteiger partial charge in [-0.05, 0) is 93.6 Å². The molecule has 0 spiro atoms. The molecule has 7 rings (SSSR count). The van der Waals surface area contributed by atoms with E-state index in [1.165, 1.54) is 16.7 Å². The van der Waals surface area contributed by atoms with E-state index in [0.717, 1.165) is 40.4 Å². The van der Waals surface area contributed by atoms with Gasteiger partial charge in [0.25, 0.3) is 0 Å². The van der Waals surface area contributed by atoms with Crippen LogP contribution in [0.1, 0.15) is 58.2 Å². The van der Waals surface area contributed by atoms with Crippen LogP contribution in [0.2, 0.25) is 0 Å². The summed E-state index contributed by atoms with van der Waals surface area (Å²) in [5.74, 6) is 1.74. The van der Waals surface area contributed by atoms with Crippen LogP contribution in [-0.2, 0) is 38.3 Å². The molecule has 6 aromatic rings. The zero-order chi connectivity index (χ0) is 33.3. The number of ether oxygens (including phenoxy) is 1. The molecule has 48 heavy (non-hydrogen) atoms. The molecule has 1 aliphatic rings. The van der Waals surface area contributed by atoms with Gasteiger partial charge in [-0.25, -0.2) is 0 Å². The first kappa shape index (κ1) is 34.7. The Morgan fingerprint density at radius 1 is 0.792 bits per heavy atom. The molecule has 4 heterocycles. The molecule has 5 nitrogen and oxygen atoms in total. The first-order valence-corrected chi connectivity index (χ1v) is 15.9. The van der Waals surface area contributed by atoms with Gasteiger partial charge in [0.1, 0.15) is 17.1 Å². The minimum atomic E-state index is -0.0292. The Morgan fingerprint density at radius 2 is 1.46 bits per heavy atom. The summed E-state index contributed by atoms with van der Waals surface area (Å²) in [5.41, 5.74) is 8.58.